The fourth-order valence-electron chi connectivity index (χ4n) is 2.95. The van der Waals surface area contributed by atoms with E-state index in [4.69, 9.17) is 0 Å². The Labute approximate surface area is 174 Å². The molecule has 26 heavy (non-hydrogen) atoms. The van der Waals surface area contributed by atoms with Crippen molar-refractivity contribution in [3.8, 4) is 0 Å². The lowest BCUT2D eigenvalue weighted by molar-refractivity contribution is -0.114. The van der Waals surface area contributed by atoms with Crippen molar-refractivity contribution < 1.29 is 4.79 Å². The molecule has 2 rings (SSSR count). The number of halogens is 1. The van der Waals surface area contributed by atoms with Crippen LogP contribution in [0.5, 0.6) is 0 Å². The molecule has 0 aliphatic carbocycles. The first-order chi connectivity index (χ1) is 12.1. The molecule has 0 radical (unpaired) electrons. The Morgan fingerprint density at radius 2 is 1.88 bits per heavy atom. The van der Waals surface area contributed by atoms with Crippen molar-refractivity contribution in [2.45, 2.75) is 45.7 Å². The molecule has 146 valence electrons. The maximum Gasteiger partial charge on any atom is 0.246 e. The summed E-state index contributed by atoms with van der Waals surface area (Å²) >= 11 is 0. The lowest BCUT2D eigenvalue weighted by Gasteiger charge is -2.35. The Morgan fingerprint density at radius 1 is 1.23 bits per heavy atom. The van der Waals surface area contributed by atoms with E-state index in [-0.39, 0.29) is 36.4 Å². The summed E-state index contributed by atoms with van der Waals surface area (Å²) in [6.45, 7) is 9.59. The zero-order valence-corrected chi connectivity index (χ0v) is 18.3. The number of benzene rings is 1. The van der Waals surface area contributed by atoms with Crippen LogP contribution in [0.2, 0.25) is 0 Å². The van der Waals surface area contributed by atoms with Gasteiger partial charge in [-0.25, -0.2) is 4.99 Å². The van der Waals surface area contributed by atoms with Gasteiger partial charge in [-0.15, -0.1) is 24.0 Å². The number of likely N-dealkylation sites (tertiary alicyclic amines) is 1. The van der Waals surface area contributed by atoms with E-state index in [9.17, 15) is 4.79 Å². The summed E-state index contributed by atoms with van der Waals surface area (Å²) in [5, 5.41) is 9.55. The smallest absolute Gasteiger partial charge is 0.246 e. The number of aliphatic imine (C=N–C) groups is 1. The predicted octanol–water partition coefficient (Wildman–Crippen LogP) is 2.67. The van der Waals surface area contributed by atoms with Gasteiger partial charge in [-0.2, -0.15) is 0 Å². The molecule has 6 nitrogen and oxygen atoms in total. The van der Waals surface area contributed by atoms with Gasteiger partial charge in [0.1, 0.15) is 6.54 Å². The van der Waals surface area contributed by atoms with Crippen molar-refractivity contribution in [3.63, 3.8) is 0 Å². The molecule has 1 fully saturated rings. The van der Waals surface area contributed by atoms with Crippen molar-refractivity contribution >= 4 is 41.5 Å². The quantitative estimate of drug-likeness (QED) is 0.338. The summed E-state index contributed by atoms with van der Waals surface area (Å²) in [7, 11) is 0. The van der Waals surface area contributed by atoms with Gasteiger partial charge in [-0.1, -0.05) is 18.2 Å². The number of anilines is 1. The van der Waals surface area contributed by atoms with Gasteiger partial charge in [-0.3, -0.25) is 4.79 Å². The fraction of sp³-hybridized carbons (Fsp3) is 0.579. The van der Waals surface area contributed by atoms with E-state index in [0.29, 0.717) is 18.0 Å². The Kier molecular flexibility index (Phi) is 10.6. The van der Waals surface area contributed by atoms with E-state index < -0.39 is 0 Å². The van der Waals surface area contributed by atoms with Gasteiger partial charge in [0.15, 0.2) is 5.96 Å². The Morgan fingerprint density at radius 3 is 2.46 bits per heavy atom. The number of nitrogens with zero attached hydrogens (tertiary/aromatic N) is 2. The molecule has 1 aromatic rings. The second-order valence-corrected chi connectivity index (χ2v) is 6.66. The first-order valence-electron chi connectivity index (χ1n) is 9.22. The summed E-state index contributed by atoms with van der Waals surface area (Å²) < 4.78 is 0. The number of rotatable bonds is 6. The van der Waals surface area contributed by atoms with Gasteiger partial charge in [0, 0.05) is 37.4 Å². The van der Waals surface area contributed by atoms with Crippen LogP contribution in [-0.2, 0) is 4.79 Å². The average molecular weight is 473 g/mol. The average Bonchev–Trinajstić information content (AvgIpc) is 2.61. The molecule has 1 aromatic carbocycles. The van der Waals surface area contributed by atoms with Crippen LogP contribution in [0.25, 0.3) is 0 Å². The van der Waals surface area contributed by atoms with Crippen LogP contribution in [0.3, 0.4) is 0 Å². The van der Waals surface area contributed by atoms with Crippen molar-refractivity contribution in [1.82, 2.24) is 15.5 Å². The van der Waals surface area contributed by atoms with Crippen LogP contribution in [0.15, 0.2) is 35.3 Å². The monoisotopic (exact) mass is 473 g/mol. The number of guanidine groups is 1. The highest BCUT2D eigenvalue weighted by atomic mass is 127. The Hall–Kier alpha value is -1.35. The maximum absolute atomic E-state index is 12.1. The van der Waals surface area contributed by atoms with Crippen LogP contribution in [-0.4, -0.2) is 55.0 Å². The van der Waals surface area contributed by atoms with E-state index >= 15 is 0 Å². The summed E-state index contributed by atoms with van der Waals surface area (Å²) in [5.74, 6) is 0.603. The number of piperidine rings is 1. The highest BCUT2D eigenvalue weighted by molar-refractivity contribution is 14.0. The van der Waals surface area contributed by atoms with Gasteiger partial charge in [0.05, 0.1) is 0 Å². The minimum Gasteiger partial charge on any atom is -0.357 e. The van der Waals surface area contributed by atoms with E-state index in [1.807, 2.05) is 37.3 Å². The first kappa shape index (κ1) is 22.7. The second-order valence-electron chi connectivity index (χ2n) is 6.66. The highest BCUT2D eigenvalue weighted by Crippen LogP contribution is 2.12. The largest absolute Gasteiger partial charge is 0.357 e. The lowest BCUT2D eigenvalue weighted by Crippen LogP contribution is -2.50. The van der Waals surface area contributed by atoms with Crippen molar-refractivity contribution in [1.29, 1.82) is 0 Å². The molecule has 0 bridgehead atoms. The van der Waals surface area contributed by atoms with E-state index in [1.54, 1.807) is 0 Å². The molecule has 0 spiro atoms. The first-order valence-corrected chi connectivity index (χ1v) is 9.22. The third-order valence-electron chi connectivity index (χ3n) is 4.38. The van der Waals surface area contributed by atoms with Gasteiger partial charge in [0.25, 0.3) is 0 Å². The van der Waals surface area contributed by atoms with Crippen LogP contribution in [0.4, 0.5) is 5.69 Å². The third-order valence-corrected chi connectivity index (χ3v) is 4.38. The third kappa shape index (κ3) is 7.90. The normalized spacial score (nSPS) is 16.1. The van der Waals surface area contributed by atoms with Crippen molar-refractivity contribution in [2.75, 3.05) is 31.5 Å². The van der Waals surface area contributed by atoms with E-state index in [2.05, 4.69) is 39.7 Å². The lowest BCUT2D eigenvalue weighted by atomic mass is 10.0. The van der Waals surface area contributed by atoms with Gasteiger partial charge in [0.2, 0.25) is 5.91 Å². The molecular formula is C19H32IN5O. The molecule has 7 heteroatoms. The zero-order chi connectivity index (χ0) is 18.1. The van der Waals surface area contributed by atoms with Crippen molar-refractivity contribution in [2.24, 2.45) is 4.99 Å². The predicted molar refractivity (Wildman–Crippen MR) is 119 cm³/mol. The molecule has 0 aromatic heterocycles. The second kappa shape index (κ2) is 12.1. The Balaban J connectivity index is 0.00000338. The molecule has 1 amide bonds. The van der Waals surface area contributed by atoms with E-state index in [1.165, 1.54) is 0 Å². The topological polar surface area (TPSA) is 68.8 Å². The van der Waals surface area contributed by atoms with Gasteiger partial charge in [-0.05, 0) is 45.7 Å². The molecular weight excluding hydrogens is 441 g/mol. The summed E-state index contributed by atoms with van der Waals surface area (Å²) in [6, 6.07) is 10.5. The Bertz CT molecular complexity index is 556. The molecule has 1 aliphatic heterocycles. The molecule has 1 heterocycles. The maximum atomic E-state index is 12.1. The fourth-order valence-corrected chi connectivity index (χ4v) is 2.95. The number of amides is 1. The number of para-hydroxylation sites is 1. The molecule has 1 aliphatic rings. The van der Waals surface area contributed by atoms with Gasteiger partial charge >= 0.3 is 0 Å². The zero-order valence-electron chi connectivity index (χ0n) is 16.0. The summed E-state index contributed by atoms with van der Waals surface area (Å²) in [4.78, 5) is 19.0. The molecule has 1 saturated heterocycles. The summed E-state index contributed by atoms with van der Waals surface area (Å²) in [6.07, 6.45) is 2.19. The van der Waals surface area contributed by atoms with Crippen molar-refractivity contribution in [3.05, 3.63) is 30.3 Å². The minimum atomic E-state index is -0.113. The molecule has 0 unspecified atom stereocenters. The SMILES string of the molecule is CCNC(=NCC(=O)Nc1ccccc1)NC1CCN(C(C)C)CC1.I. The number of carbonyl (C=O) groups excluding carboxylic acids is 1. The van der Waals surface area contributed by atoms with Gasteiger partial charge < -0.3 is 20.9 Å². The van der Waals surface area contributed by atoms with Crippen LogP contribution in [0.1, 0.15) is 33.6 Å². The minimum absolute atomic E-state index is 0. The van der Waals surface area contributed by atoms with Crippen LogP contribution < -0.4 is 16.0 Å². The molecule has 0 atom stereocenters. The number of nitrogens with one attached hydrogen (secondary N) is 3. The number of carbonyl (C=O) groups is 1. The standard InChI is InChI=1S/C19H31N5O.HI/c1-4-20-19(23-17-10-12-24(13-11-17)15(2)3)21-14-18(25)22-16-8-6-5-7-9-16;/h5-9,15,17H,4,10-14H2,1-3H3,(H,22,25)(H2,20,21,23);1H. The molecule has 3 N–H and O–H groups in total. The summed E-state index contributed by atoms with van der Waals surface area (Å²) in [5.41, 5.74) is 0.793. The number of hydrogen-bond acceptors (Lipinski definition) is 3. The van der Waals surface area contributed by atoms with Crippen LogP contribution in [0, 0.1) is 0 Å². The number of hydrogen-bond donors (Lipinski definition) is 3. The molecule has 0 saturated carbocycles. The van der Waals surface area contributed by atoms with E-state index in [0.717, 1.165) is 38.2 Å². The highest BCUT2D eigenvalue weighted by Gasteiger charge is 2.21. The van der Waals surface area contributed by atoms with Crippen LogP contribution >= 0.6 is 24.0 Å².